The van der Waals surface area contributed by atoms with Crippen molar-refractivity contribution in [1.29, 1.82) is 0 Å². The van der Waals surface area contributed by atoms with Gasteiger partial charge in [0.05, 0.1) is 18.1 Å². The van der Waals surface area contributed by atoms with E-state index in [2.05, 4.69) is 19.1 Å². The Morgan fingerprint density at radius 2 is 1.61 bits per heavy atom. The van der Waals surface area contributed by atoms with Crippen molar-refractivity contribution in [3.8, 4) is 0 Å². The standard InChI is InChI=1S/C23H38O5/c1-3-4-5-6-7-8-9-10-11-15-20(24)17-18-22(26)21(25)16-13-12-14-19(2)23(27)28/h7-8,10-11,17-19,21-22,25-26H,3-6,9,12-16H2,1-2H3,(H,27,28)/b8-7-,11-10-,18-17+. The van der Waals surface area contributed by atoms with Crippen molar-refractivity contribution in [1.82, 2.24) is 0 Å². The van der Waals surface area contributed by atoms with E-state index < -0.39 is 24.1 Å². The number of rotatable bonds is 17. The molecule has 0 aliphatic heterocycles. The molecule has 0 amide bonds. The van der Waals surface area contributed by atoms with Crippen molar-refractivity contribution in [2.45, 2.75) is 90.3 Å². The first-order valence-electron chi connectivity index (χ1n) is 10.5. The molecule has 5 nitrogen and oxygen atoms in total. The Bertz CT molecular complexity index is 507. The largest absolute Gasteiger partial charge is 0.481 e. The molecule has 0 spiro atoms. The van der Waals surface area contributed by atoms with E-state index in [1.54, 1.807) is 6.92 Å². The van der Waals surface area contributed by atoms with E-state index in [9.17, 15) is 19.8 Å². The Balaban J connectivity index is 3.92. The lowest BCUT2D eigenvalue weighted by Crippen LogP contribution is -2.24. The van der Waals surface area contributed by atoms with Crippen LogP contribution in [0.3, 0.4) is 0 Å². The molecular weight excluding hydrogens is 356 g/mol. The average molecular weight is 395 g/mol. The Morgan fingerprint density at radius 1 is 0.929 bits per heavy atom. The van der Waals surface area contributed by atoms with Crippen LogP contribution in [0.5, 0.6) is 0 Å². The number of aliphatic carboxylic acids is 1. The van der Waals surface area contributed by atoms with E-state index in [0.29, 0.717) is 25.7 Å². The third kappa shape index (κ3) is 15.3. The van der Waals surface area contributed by atoms with Crippen molar-refractivity contribution in [2.75, 3.05) is 0 Å². The lowest BCUT2D eigenvalue weighted by Gasteiger charge is -2.14. The maximum Gasteiger partial charge on any atom is 0.306 e. The van der Waals surface area contributed by atoms with Gasteiger partial charge in [0.2, 0.25) is 0 Å². The number of ketones is 1. The lowest BCUT2D eigenvalue weighted by molar-refractivity contribution is -0.141. The summed E-state index contributed by atoms with van der Waals surface area (Å²) in [5.74, 6) is -1.34. The van der Waals surface area contributed by atoms with Gasteiger partial charge in [-0.15, -0.1) is 0 Å². The number of carbonyl (C=O) groups excluding carboxylic acids is 1. The van der Waals surface area contributed by atoms with Gasteiger partial charge in [-0.25, -0.2) is 0 Å². The molecule has 160 valence electrons. The molecular formula is C23H38O5. The molecule has 0 saturated carbocycles. The van der Waals surface area contributed by atoms with Gasteiger partial charge in [0, 0.05) is 6.42 Å². The van der Waals surface area contributed by atoms with Crippen LogP contribution in [-0.2, 0) is 9.59 Å². The number of hydrogen-bond donors (Lipinski definition) is 3. The third-order valence-electron chi connectivity index (χ3n) is 4.58. The van der Waals surface area contributed by atoms with Gasteiger partial charge in [0.25, 0.3) is 0 Å². The normalized spacial score (nSPS) is 15.4. The van der Waals surface area contributed by atoms with Gasteiger partial charge in [-0.05, 0) is 38.2 Å². The molecule has 0 bridgehead atoms. The molecule has 0 aliphatic rings. The summed E-state index contributed by atoms with van der Waals surface area (Å²) in [6, 6.07) is 0. The van der Waals surface area contributed by atoms with Crippen LogP contribution in [-0.4, -0.2) is 39.3 Å². The molecule has 0 aromatic rings. The van der Waals surface area contributed by atoms with E-state index in [4.69, 9.17) is 5.11 Å². The zero-order valence-corrected chi connectivity index (χ0v) is 17.4. The van der Waals surface area contributed by atoms with Gasteiger partial charge < -0.3 is 15.3 Å². The minimum atomic E-state index is -1.09. The quantitative estimate of drug-likeness (QED) is 0.191. The van der Waals surface area contributed by atoms with Crippen molar-refractivity contribution < 1.29 is 24.9 Å². The van der Waals surface area contributed by atoms with E-state index in [0.717, 1.165) is 12.8 Å². The molecule has 0 heterocycles. The summed E-state index contributed by atoms with van der Waals surface area (Å²) in [5, 5.41) is 28.6. The summed E-state index contributed by atoms with van der Waals surface area (Å²) in [6.45, 7) is 3.84. The fourth-order valence-electron chi connectivity index (χ4n) is 2.60. The Hall–Kier alpha value is -1.72. The smallest absolute Gasteiger partial charge is 0.306 e. The minimum absolute atomic E-state index is 0.121. The second-order valence-electron chi connectivity index (χ2n) is 7.29. The van der Waals surface area contributed by atoms with Crippen LogP contribution in [0.1, 0.15) is 78.1 Å². The van der Waals surface area contributed by atoms with Gasteiger partial charge in [-0.3, -0.25) is 9.59 Å². The summed E-state index contributed by atoms with van der Waals surface area (Å²) in [6.07, 6.45) is 16.7. The number of hydrogen-bond acceptors (Lipinski definition) is 4. The predicted molar refractivity (Wildman–Crippen MR) is 113 cm³/mol. The van der Waals surface area contributed by atoms with Crippen LogP contribution < -0.4 is 0 Å². The molecule has 0 radical (unpaired) electrons. The highest BCUT2D eigenvalue weighted by Gasteiger charge is 2.14. The van der Waals surface area contributed by atoms with E-state index in [1.165, 1.54) is 31.4 Å². The first-order chi connectivity index (χ1) is 13.4. The van der Waals surface area contributed by atoms with E-state index in [1.807, 2.05) is 12.2 Å². The molecule has 3 atom stereocenters. The molecule has 3 unspecified atom stereocenters. The average Bonchev–Trinajstić information content (AvgIpc) is 2.67. The highest BCUT2D eigenvalue weighted by atomic mass is 16.4. The summed E-state index contributed by atoms with van der Waals surface area (Å²) >= 11 is 0. The van der Waals surface area contributed by atoms with Crippen molar-refractivity contribution >= 4 is 11.8 Å². The molecule has 0 fully saturated rings. The monoisotopic (exact) mass is 394 g/mol. The molecule has 0 aromatic heterocycles. The maximum absolute atomic E-state index is 11.8. The fourth-order valence-corrected chi connectivity index (χ4v) is 2.60. The predicted octanol–water partition coefficient (Wildman–Crippen LogP) is 4.59. The number of carbonyl (C=O) groups is 2. The highest BCUT2D eigenvalue weighted by molar-refractivity contribution is 5.90. The van der Waals surface area contributed by atoms with Crippen LogP contribution >= 0.6 is 0 Å². The number of aliphatic hydroxyl groups excluding tert-OH is 2. The number of allylic oxidation sites excluding steroid dienone is 5. The van der Waals surface area contributed by atoms with Gasteiger partial charge in [0.15, 0.2) is 5.78 Å². The van der Waals surface area contributed by atoms with E-state index >= 15 is 0 Å². The summed E-state index contributed by atoms with van der Waals surface area (Å²) in [4.78, 5) is 22.5. The number of carboxylic acid groups (broad SMARTS) is 1. The SMILES string of the molecule is CCCCC/C=C\C/C=C\CC(=O)/C=C/C(O)C(O)CCCCC(C)C(=O)O. The van der Waals surface area contributed by atoms with Crippen LogP contribution in [0.2, 0.25) is 0 Å². The van der Waals surface area contributed by atoms with Crippen LogP contribution in [0.15, 0.2) is 36.5 Å². The second kappa shape index (κ2) is 17.4. The van der Waals surface area contributed by atoms with Gasteiger partial charge >= 0.3 is 5.97 Å². The number of aliphatic hydroxyl groups is 2. The first-order valence-corrected chi connectivity index (χ1v) is 10.5. The summed E-state index contributed by atoms with van der Waals surface area (Å²) in [7, 11) is 0. The van der Waals surface area contributed by atoms with Crippen LogP contribution in [0, 0.1) is 5.92 Å². The summed E-state index contributed by atoms with van der Waals surface area (Å²) in [5.41, 5.74) is 0. The topological polar surface area (TPSA) is 94.8 Å². The fraction of sp³-hybridized carbons (Fsp3) is 0.652. The molecule has 0 saturated heterocycles. The van der Waals surface area contributed by atoms with Crippen LogP contribution in [0.4, 0.5) is 0 Å². The molecule has 3 N–H and O–H groups in total. The zero-order valence-electron chi connectivity index (χ0n) is 17.4. The molecule has 0 rings (SSSR count). The first kappa shape index (κ1) is 26.3. The van der Waals surface area contributed by atoms with Gasteiger partial charge in [-0.1, -0.05) is 69.9 Å². The third-order valence-corrected chi connectivity index (χ3v) is 4.58. The molecule has 5 heteroatoms. The van der Waals surface area contributed by atoms with E-state index in [-0.39, 0.29) is 12.2 Å². The number of carboxylic acids is 1. The Labute approximate surface area is 169 Å². The van der Waals surface area contributed by atoms with Gasteiger partial charge in [-0.2, -0.15) is 0 Å². The van der Waals surface area contributed by atoms with Crippen molar-refractivity contribution in [3.05, 3.63) is 36.5 Å². The molecule has 0 aromatic carbocycles. The molecule has 0 aliphatic carbocycles. The Morgan fingerprint density at radius 3 is 2.29 bits per heavy atom. The van der Waals surface area contributed by atoms with Crippen LogP contribution in [0.25, 0.3) is 0 Å². The Kier molecular flexibility index (Phi) is 16.3. The second-order valence-corrected chi connectivity index (χ2v) is 7.29. The van der Waals surface area contributed by atoms with Crippen molar-refractivity contribution in [2.24, 2.45) is 5.92 Å². The highest BCUT2D eigenvalue weighted by Crippen LogP contribution is 2.12. The lowest BCUT2D eigenvalue weighted by atomic mass is 10.0. The number of unbranched alkanes of at least 4 members (excludes halogenated alkanes) is 4. The minimum Gasteiger partial charge on any atom is -0.481 e. The summed E-state index contributed by atoms with van der Waals surface area (Å²) < 4.78 is 0. The zero-order chi connectivity index (χ0) is 21.2. The maximum atomic E-state index is 11.8. The van der Waals surface area contributed by atoms with Gasteiger partial charge in [0.1, 0.15) is 0 Å². The molecule has 28 heavy (non-hydrogen) atoms. The van der Waals surface area contributed by atoms with Crippen molar-refractivity contribution in [3.63, 3.8) is 0 Å².